The van der Waals surface area contributed by atoms with Gasteiger partial charge in [0.05, 0.1) is 6.10 Å². The highest BCUT2D eigenvalue weighted by atomic mass is 127. The van der Waals surface area contributed by atoms with E-state index >= 15 is 0 Å². The van der Waals surface area contributed by atoms with E-state index in [0.29, 0.717) is 24.2 Å². The average Bonchev–Trinajstić information content (AvgIpc) is 2.59. The van der Waals surface area contributed by atoms with E-state index in [-0.39, 0.29) is 29.8 Å². The lowest BCUT2D eigenvalue weighted by Gasteiger charge is -2.22. The number of rotatable bonds is 7. The van der Waals surface area contributed by atoms with Gasteiger partial charge in [-0.15, -0.1) is 24.0 Å². The third kappa shape index (κ3) is 7.76. The summed E-state index contributed by atoms with van der Waals surface area (Å²) in [6.45, 7) is 3.50. The van der Waals surface area contributed by atoms with Crippen molar-refractivity contribution in [1.29, 1.82) is 0 Å². The molecular formula is C17H27FIN3O2. The minimum atomic E-state index is -0.208. The zero-order valence-corrected chi connectivity index (χ0v) is 16.4. The smallest absolute Gasteiger partial charge is 0.191 e. The largest absolute Gasteiger partial charge is 0.381 e. The molecule has 1 heterocycles. The maximum absolute atomic E-state index is 13.5. The van der Waals surface area contributed by atoms with Crippen molar-refractivity contribution in [1.82, 2.24) is 10.6 Å². The number of hydrogen-bond acceptors (Lipinski definition) is 3. The summed E-state index contributed by atoms with van der Waals surface area (Å²) in [5, 5.41) is 6.32. The van der Waals surface area contributed by atoms with Crippen LogP contribution < -0.4 is 10.6 Å². The summed E-state index contributed by atoms with van der Waals surface area (Å²) in [6.07, 6.45) is 3.21. The lowest BCUT2D eigenvalue weighted by Crippen LogP contribution is -2.37. The van der Waals surface area contributed by atoms with Gasteiger partial charge < -0.3 is 20.1 Å². The number of hydrogen-bond donors (Lipinski definition) is 2. The zero-order valence-electron chi connectivity index (χ0n) is 14.1. The van der Waals surface area contributed by atoms with Gasteiger partial charge in [-0.25, -0.2) is 4.39 Å². The Kier molecular flexibility index (Phi) is 10.9. The molecule has 2 N–H and O–H groups in total. The van der Waals surface area contributed by atoms with Crippen LogP contribution in [0, 0.1) is 5.82 Å². The zero-order chi connectivity index (χ0) is 16.3. The van der Waals surface area contributed by atoms with Crippen molar-refractivity contribution in [2.75, 3.05) is 33.4 Å². The van der Waals surface area contributed by atoms with Crippen molar-refractivity contribution in [3.63, 3.8) is 0 Å². The van der Waals surface area contributed by atoms with E-state index in [1.54, 1.807) is 19.2 Å². The highest BCUT2D eigenvalue weighted by molar-refractivity contribution is 14.0. The summed E-state index contributed by atoms with van der Waals surface area (Å²) in [6, 6.07) is 6.73. The van der Waals surface area contributed by atoms with Crippen LogP contribution in [-0.4, -0.2) is 45.5 Å². The van der Waals surface area contributed by atoms with E-state index < -0.39 is 0 Å². The van der Waals surface area contributed by atoms with Crippen LogP contribution in [0.25, 0.3) is 0 Å². The molecule has 0 aromatic heterocycles. The molecule has 1 fully saturated rings. The second-order valence-electron chi connectivity index (χ2n) is 5.48. The molecule has 136 valence electrons. The van der Waals surface area contributed by atoms with Crippen LogP contribution >= 0.6 is 24.0 Å². The van der Waals surface area contributed by atoms with Crippen LogP contribution in [0.5, 0.6) is 0 Å². The van der Waals surface area contributed by atoms with E-state index in [9.17, 15) is 4.39 Å². The molecular weight excluding hydrogens is 424 g/mol. The fraction of sp³-hybridized carbons (Fsp3) is 0.588. The summed E-state index contributed by atoms with van der Waals surface area (Å²) in [5.41, 5.74) is 0.623. The topological polar surface area (TPSA) is 54.9 Å². The van der Waals surface area contributed by atoms with Gasteiger partial charge in [-0.1, -0.05) is 18.2 Å². The Labute approximate surface area is 160 Å². The predicted molar refractivity (Wildman–Crippen MR) is 104 cm³/mol. The van der Waals surface area contributed by atoms with Gasteiger partial charge in [0.2, 0.25) is 0 Å². The Morgan fingerprint density at radius 3 is 2.75 bits per heavy atom. The maximum Gasteiger partial charge on any atom is 0.191 e. The number of aliphatic imine (C=N–C) groups is 1. The van der Waals surface area contributed by atoms with Gasteiger partial charge in [0.15, 0.2) is 5.96 Å². The van der Waals surface area contributed by atoms with Crippen molar-refractivity contribution in [2.24, 2.45) is 4.99 Å². The van der Waals surface area contributed by atoms with E-state index in [0.717, 1.165) is 45.6 Å². The molecule has 1 aromatic rings. The van der Waals surface area contributed by atoms with E-state index in [2.05, 4.69) is 15.6 Å². The molecule has 0 bridgehead atoms. The first-order valence-electron chi connectivity index (χ1n) is 8.17. The quantitative estimate of drug-likeness (QED) is 0.290. The monoisotopic (exact) mass is 451 g/mol. The number of guanidine groups is 1. The molecule has 0 saturated carbocycles. The van der Waals surface area contributed by atoms with Crippen molar-refractivity contribution in [2.45, 2.75) is 31.9 Å². The van der Waals surface area contributed by atoms with Gasteiger partial charge in [-0.05, 0) is 25.3 Å². The van der Waals surface area contributed by atoms with Crippen LogP contribution in [0.2, 0.25) is 0 Å². The summed E-state index contributed by atoms with van der Waals surface area (Å²) >= 11 is 0. The van der Waals surface area contributed by atoms with E-state index in [1.165, 1.54) is 6.07 Å². The van der Waals surface area contributed by atoms with Gasteiger partial charge in [0.25, 0.3) is 0 Å². The first-order chi connectivity index (χ1) is 11.3. The predicted octanol–water partition coefficient (Wildman–Crippen LogP) is 2.69. The van der Waals surface area contributed by atoms with Crippen LogP contribution in [0.3, 0.4) is 0 Å². The van der Waals surface area contributed by atoms with Gasteiger partial charge in [-0.2, -0.15) is 0 Å². The minimum Gasteiger partial charge on any atom is -0.381 e. The molecule has 0 spiro atoms. The molecule has 1 aromatic carbocycles. The fourth-order valence-electron chi connectivity index (χ4n) is 2.41. The van der Waals surface area contributed by atoms with Gasteiger partial charge in [-0.3, -0.25) is 4.99 Å². The minimum absolute atomic E-state index is 0. The summed E-state index contributed by atoms with van der Waals surface area (Å²) in [4.78, 5) is 4.13. The molecule has 2 rings (SSSR count). The van der Waals surface area contributed by atoms with Crippen molar-refractivity contribution in [3.8, 4) is 0 Å². The number of nitrogens with zero attached hydrogens (tertiary/aromatic N) is 1. The molecule has 0 aliphatic carbocycles. The second-order valence-corrected chi connectivity index (χ2v) is 5.48. The highest BCUT2D eigenvalue weighted by Gasteiger charge is 2.13. The highest BCUT2D eigenvalue weighted by Crippen LogP contribution is 2.10. The van der Waals surface area contributed by atoms with Crippen LogP contribution in [0.1, 0.15) is 24.8 Å². The standard InChI is InChI=1S/C17H26FN3O2.HI/c1-19-17(21-13-14-5-2-3-6-16(14)18)20-9-4-10-23-15-7-11-22-12-8-15;/h2-3,5-6,15H,4,7-13H2,1H3,(H2,19,20,21);1H. The molecule has 1 saturated heterocycles. The Balaban J connectivity index is 0.00000288. The van der Waals surface area contributed by atoms with Crippen LogP contribution in [0.15, 0.2) is 29.3 Å². The van der Waals surface area contributed by atoms with Gasteiger partial charge >= 0.3 is 0 Å². The SMILES string of the molecule is CN=C(NCCCOC1CCOCC1)NCc1ccccc1F.I. The summed E-state index contributed by atoms with van der Waals surface area (Å²) in [5.74, 6) is 0.458. The molecule has 24 heavy (non-hydrogen) atoms. The number of halogens is 2. The summed E-state index contributed by atoms with van der Waals surface area (Å²) < 4.78 is 24.7. The molecule has 0 amide bonds. The second kappa shape index (κ2) is 12.4. The Morgan fingerprint density at radius 1 is 1.29 bits per heavy atom. The third-order valence-corrected chi connectivity index (χ3v) is 3.76. The fourth-order valence-corrected chi connectivity index (χ4v) is 2.41. The third-order valence-electron chi connectivity index (χ3n) is 3.76. The average molecular weight is 451 g/mol. The Bertz CT molecular complexity index is 496. The molecule has 0 atom stereocenters. The van der Waals surface area contributed by atoms with Gasteiger partial charge in [0.1, 0.15) is 5.82 Å². The summed E-state index contributed by atoms with van der Waals surface area (Å²) in [7, 11) is 1.70. The Morgan fingerprint density at radius 2 is 2.04 bits per heavy atom. The number of ether oxygens (including phenoxy) is 2. The van der Waals surface area contributed by atoms with Gasteiger partial charge in [0, 0.05) is 45.5 Å². The molecule has 7 heteroatoms. The molecule has 0 unspecified atom stereocenters. The maximum atomic E-state index is 13.5. The van der Waals surface area contributed by atoms with E-state index in [4.69, 9.17) is 9.47 Å². The van der Waals surface area contributed by atoms with E-state index in [1.807, 2.05) is 6.07 Å². The van der Waals surface area contributed by atoms with Crippen molar-refractivity contribution >= 4 is 29.9 Å². The van der Waals surface area contributed by atoms with Crippen molar-refractivity contribution < 1.29 is 13.9 Å². The number of nitrogens with one attached hydrogen (secondary N) is 2. The van der Waals surface area contributed by atoms with Crippen LogP contribution in [0.4, 0.5) is 4.39 Å². The normalized spacial score (nSPS) is 15.7. The lowest BCUT2D eigenvalue weighted by molar-refractivity contribution is -0.0320. The van der Waals surface area contributed by atoms with Crippen molar-refractivity contribution in [3.05, 3.63) is 35.6 Å². The first-order valence-corrected chi connectivity index (χ1v) is 8.17. The molecule has 0 radical (unpaired) electrons. The molecule has 1 aliphatic rings. The Hall–Kier alpha value is -0.930. The lowest BCUT2D eigenvalue weighted by atomic mass is 10.1. The van der Waals surface area contributed by atoms with Crippen LogP contribution in [-0.2, 0) is 16.0 Å². The molecule has 5 nitrogen and oxygen atoms in total. The first kappa shape index (κ1) is 21.1. The molecule has 1 aliphatic heterocycles. The number of benzene rings is 1.